The Labute approximate surface area is 125 Å². The first-order valence-corrected chi connectivity index (χ1v) is 6.91. The number of ether oxygens (including phenoxy) is 2. The molecule has 0 aliphatic rings. The van der Waals surface area contributed by atoms with E-state index in [-0.39, 0.29) is 6.04 Å². The van der Waals surface area contributed by atoms with Crippen LogP contribution in [-0.4, -0.2) is 14.2 Å². The minimum absolute atomic E-state index is 0.0433. The van der Waals surface area contributed by atoms with Gasteiger partial charge in [0.2, 0.25) is 0 Å². The van der Waals surface area contributed by atoms with Crippen LogP contribution in [0.1, 0.15) is 22.7 Å². The smallest absolute Gasteiger partial charge is 0.121 e. The van der Waals surface area contributed by atoms with Crippen LogP contribution >= 0.6 is 0 Å². The van der Waals surface area contributed by atoms with Crippen molar-refractivity contribution in [2.45, 2.75) is 19.4 Å². The van der Waals surface area contributed by atoms with Crippen LogP contribution in [-0.2, 0) is 6.42 Å². The number of aryl methyl sites for hydroxylation is 1. The molecule has 2 rings (SSSR count). The summed E-state index contributed by atoms with van der Waals surface area (Å²) in [6.45, 7) is 2.03. The van der Waals surface area contributed by atoms with E-state index in [1.165, 1.54) is 5.56 Å². The fourth-order valence-electron chi connectivity index (χ4n) is 2.43. The quantitative estimate of drug-likeness (QED) is 0.633. The average molecular weight is 286 g/mol. The van der Waals surface area contributed by atoms with E-state index in [4.69, 9.17) is 15.3 Å². The van der Waals surface area contributed by atoms with E-state index in [9.17, 15) is 0 Å². The number of hydrazine groups is 1. The third-order valence-corrected chi connectivity index (χ3v) is 3.60. The van der Waals surface area contributed by atoms with Crippen LogP contribution in [0, 0.1) is 6.92 Å². The molecule has 2 aromatic carbocycles. The highest BCUT2D eigenvalue weighted by Gasteiger charge is 2.12. The summed E-state index contributed by atoms with van der Waals surface area (Å²) in [5, 5.41) is 0. The van der Waals surface area contributed by atoms with Crippen molar-refractivity contribution in [2.75, 3.05) is 14.2 Å². The number of hydrogen-bond donors (Lipinski definition) is 2. The Balaban J connectivity index is 2.21. The molecule has 0 bridgehead atoms. The molecule has 0 fully saturated rings. The normalized spacial score (nSPS) is 12.0. The summed E-state index contributed by atoms with van der Waals surface area (Å²) in [6.07, 6.45) is 0.791. The predicted octanol–water partition coefficient (Wildman–Crippen LogP) is 2.76. The third-order valence-electron chi connectivity index (χ3n) is 3.60. The highest BCUT2D eigenvalue weighted by atomic mass is 16.5. The van der Waals surface area contributed by atoms with Crippen molar-refractivity contribution in [3.63, 3.8) is 0 Å². The topological polar surface area (TPSA) is 56.5 Å². The van der Waals surface area contributed by atoms with E-state index in [1.807, 2.05) is 37.3 Å². The summed E-state index contributed by atoms with van der Waals surface area (Å²) in [4.78, 5) is 0. The number of nitrogens with two attached hydrogens (primary N) is 1. The molecule has 4 nitrogen and oxygen atoms in total. The SMILES string of the molecule is COc1cccc(CC(NN)c2ccc(OC)c(C)c2)c1. The number of methoxy groups -OCH3 is 2. The molecular weight excluding hydrogens is 264 g/mol. The summed E-state index contributed by atoms with van der Waals surface area (Å²) in [6, 6.07) is 14.2. The van der Waals surface area contributed by atoms with Gasteiger partial charge in [0, 0.05) is 6.04 Å². The van der Waals surface area contributed by atoms with E-state index in [1.54, 1.807) is 14.2 Å². The van der Waals surface area contributed by atoms with Crippen molar-refractivity contribution in [3.8, 4) is 11.5 Å². The number of rotatable bonds is 6. The van der Waals surface area contributed by atoms with Crippen molar-refractivity contribution < 1.29 is 9.47 Å². The fraction of sp³-hybridized carbons (Fsp3) is 0.294. The van der Waals surface area contributed by atoms with Gasteiger partial charge in [-0.05, 0) is 48.2 Å². The average Bonchev–Trinajstić information content (AvgIpc) is 2.52. The third kappa shape index (κ3) is 3.74. The Kier molecular flexibility index (Phi) is 5.20. The molecule has 112 valence electrons. The van der Waals surface area contributed by atoms with E-state index >= 15 is 0 Å². The second kappa shape index (κ2) is 7.11. The maximum absolute atomic E-state index is 5.73. The van der Waals surface area contributed by atoms with Gasteiger partial charge in [0.05, 0.1) is 14.2 Å². The monoisotopic (exact) mass is 286 g/mol. The maximum atomic E-state index is 5.73. The lowest BCUT2D eigenvalue weighted by molar-refractivity contribution is 0.411. The van der Waals surface area contributed by atoms with Crippen LogP contribution in [0.2, 0.25) is 0 Å². The van der Waals surface area contributed by atoms with Crippen molar-refractivity contribution in [2.24, 2.45) is 5.84 Å². The zero-order chi connectivity index (χ0) is 15.2. The first-order valence-electron chi connectivity index (χ1n) is 6.91. The van der Waals surface area contributed by atoms with Gasteiger partial charge in [-0.2, -0.15) is 0 Å². The second-order valence-electron chi connectivity index (χ2n) is 5.00. The molecule has 4 heteroatoms. The minimum Gasteiger partial charge on any atom is -0.497 e. The Morgan fingerprint density at radius 1 is 1.10 bits per heavy atom. The summed E-state index contributed by atoms with van der Waals surface area (Å²) >= 11 is 0. The zero-order valence-electron chi connectivity index (χ0n) is 12.7. The number of benzene rings is 2. The lowest BCUT2D eigenvalue weighted by Gasteiger charge is -2.18. The van der Waals surface area contributed by atoms with E-state index in [0.717, 1.165) is 29.0 Å². The van der Waals surface area contributed by atoms with E-state index in [0.29, 0.717) is 0 Å². The van der Waals surface area contributed by atoms with Crippen LogP contribution in [0.5, 0.6) is 11.5 Å². The first-order chi connectivity index (χ1) is 10.2. The fourth-order valence-corrected chi connectivity index (χ4v) is 2.43. The lowest BCUT2D eigenvalue weighted by atomic mass is 9.97. The molecule has 21 heavy (non-hydrogen) atoms. The molecule has 3 N–H and O–H groups in total. The summed E-state index contributed by atoms with van der Waals surface area (Å²) < 4.78 is 10.6. The summed E-state index contributed by atoms with van der Waals surface area (Å²) in [5.74, 6) is 7.47. The number of nitrogens with one attached hydrogen (secondary N) is 1. The molecular formula is C17H22N2O2. The van der Waals surface area contributed by atoms with Gasteiger partial charge in [-0.1, -0.05) is 24.3 Å². The number of hydrogen-bond acceptors (Lipinski definition) is 4. The molecule has 0 aromatic heterocycles. The zero-order valence-corrected chi connectivity index (χ0v) is 12.7. The predicted molar refractivity (Wildman–Crippen MR) is 84.5 cm³/mol. The lowest BCUT2D eigenvalue weighted by Crippen LogP contribution is -2.29. The van der Waals surface area contributed by atoms with Crippen LogP contribution in [0.15, 0.2) is 42.5 Å². The van der Waals surface area contributed by atoms with Gasteiger partial charge in [-0.25, -0.2) is 0 Å². The highest BCUT2D eigenvalue weighted by Crippen LogP contribution is 2.25. The van der Waals surface area contributed by atoms with Gasteiger partial charge < -0.3 is 9.47 Å². The van der Waals surface area contributed by atoms with Crippen LogP contribution < -0.4 is 20.7 Å². The van der Waals surface area contributed by atoms with Crippen molar-refractivity contribution in [1.29, 1.82) is 0 Å². The Bertz CT molecular complexity index is 599. The largest absolute Gasteiger partial charge is 0.497 e. The molecule has 1 unspecified atom stereocenters. The second-order valence-corrected chi connectivity index (χ2v) is 5.00. The Morgan fingerprint density at radius 2 is 1.90 bits per heavy atom. The Morgan fingerprint density at radius 3 is 2.52 bits per heavy atom. The van der Waals surface area contributed by atoms with Crippen LogP contribution in [0.4, 0.5) is 0 Å². The van der Waals surface area contributed by atoms with E-state index < -0.39 is 0 Å². The standard InChI is InChI=1S/C17H22N2O2/c1-12-9-14(7-8-17(12)21-3)16(19-18)11-13-5-4-6-15(10-13)20-2/h4-10,16,19H,11,18H2,1-3H3. The molecule has 0 amide bonds. The molecule has 0 spiro atoms. The molecule has 1 atom stereocenters. The molecule has 0 heterocycles. The summed E-state index contributed by atoms with van der Waals surface area (Å²) in [5.41, 5.74) is 6.30. The van der Waals surface area contributed by atoms with E-state index in [2.05, 4.69) is 17.6 Å². The van der Waals surface area contributed by atoms with Gasteiger partial charge >= 0.3 is 0 Å². The van der Waals surface area contributed by atoms with Crippen molar-refractivity contribution >= 4 is 0 Å². The Hall–Kier alpha value is -2.04. The van der Waals surface area contributed by atoms with Gasteiger partial charge in [-0.15, -0.1) is 0 Å². The van der Waals surface area contributed by atoms with Gasteiger partial charge in [-0.3, -0.25) is 11.3 Å². The summed E-state index contributed by atoms with van der Waals surface area (Å²) in [7, 11) is 3.35. The molecule has 0 saturated carbocycles. The van der Waals surface area contributed by atoms with Gasteiger partial charge in [0.1, 0.15) is 11.5 Å². The maximum Gasteiger partial charge on any atom is 0.121 e. The molecule has 0 aliphatic carbocycles. The first kappa shape index (κ1) is 15.4. The van der Waals surface area contributed by atoms with Crippen molar-refractivity contribution in [3.05, 3.63) is 59.2 Å². The van der Waals surface area contributed by atoms with Crippen molar-refractivity contribution in [1.82, 2.24) is 5.43 Å². The molecule has 0 aliphatic heterocycles. The molecule has 0 saturated heterocycles. The van der Waals surface area contributed by atoms with Gasteiger partial charge in [0.15, 0.2) is 0 Å². The minimum atomic E-state index is 0.0433. The van der Waals surface area contributed by atoms with Crippen LogP contribution in [0.25, 0.3) is 0 Å². The van der Waals surface area contributed by atoms with Crippen LogP contribution in [0.3, 0.4) is 0 Å². The van der Waals surface area contributed by atoms with Gasteiger partial charge in [0.25, 0.3) is 0 Å². The molecule has 2 aromatic rings. The highest BCUT2D eigenvalue weighted by molar-refractivity contribution is 5.38. The molecule has 0 radical (unpaired) electrons.